The van der Waals surface area contributed by atoms with Gasteiger partial charge in [-0.1, -0.05) is 41.9 Å². The third-order valence-electron chi connectivity index (χ3n) is 4.45. The number of anilines is 1. The van der Waals surface area contributed by atoms with Gasteiger partial charge in [-0.15, -0.1) is 0 Å². The van der Waals surface area contributed by atoms with E-state index in [2.05, 4.69) is 0 Å². The number of rotatable bonds is 2. The molecule has 2 aromatic rings. The first-order chi connectivity index (χ1) is 10.4. The molecule has 3 rings (SSSR count). The van der Waals surface area contributed by atoms with Crippen LogP contribution in [0.15, 0.2) is 48.5 Å². The second kappa shape index (κ2) is 5.41. The van der Waals surface area contributed by atoms with E-state index in [0.717, 1.165) is 5.69 Å². The topological polar surface area (TPSA) is 40.5 Å². The van der Waals surface area contributed by atoms with E-state index in [9.17, 15) is 9.90 Å². The summed E-state index contributed by atoms with van der Waals surface area (Å²) >= 11 is 6.15. The van der Waals surface area contributed by atoms with Crippen LogP contribution in [0.25, 0.3) is 0 Å². The zero-order chi connectivity index (χ0) is 15.9. The average molecular weight is 316 g/mol. The Balaban J connectivity index is 2.30. The molecule has 0 aromatic heterocycles. The highest BCUT2D eigenvalue weighted by molar-refractivity contribution is 6.30. The summed E-state index contributed by atoms with van der Waals surface area (Å²) in [4.78, 5) is 14.2. The third kappa shape index (κ3) is 2.21. The van der Waals surface area contributed by atoms with Crippen molar-refractivity contribution in [1.29, 1.82) is 0 Å². The van der Waals surface area contributed by atoms with E-state index in [0.29, 0.717) is 22.7 Å². The number of carbonyl (C=O) groups excluding carboxylic acids is 1. The molecule has 0 fully saturated rings. The number of benzene rings is 2. The summed E-state index contributed by atoms with van der Waals surface area (Å²) in [6.45, 7) is 2.00. The second-order valence-electron chi connectivity index (χ2n) is 5.84. The highest BCUT2D eigenvalue weighted by Crippen LogP contribution is 2.46. The first kappa shape index (κ1) is 15.1. The van der Waals surface area contributed by atoms with Gasteiger partial charge in [0.2, 0.25) is 0 Å². The first-order valence-corrected chi connectivity index (χ1v) is 7.62. The molecule has 0 saturated heterocycles. The molecule has 0 spiro atoms. The van der Waals surface area contributed by atoms with E-state index >= 15 is 0 Å². The maximum atomic E-state index is 12.2. The highest BCUT2D eigenvalue weighted by Gasteiger charge is 2.48. The van der Waals surface area contributed by atoms with Crippen molar-refractivity contribution in [2.75, 3.05) is 18.5 Å². The molecule has 0 saturated carbocycles. The summed E-state index contributed by atoms with van der Waals surface area (Å²) < 4.78 is 0. The Morgan fingerprint density at radius 2 is 1.95 bits per heavy atom. The highest BCUT2D eigenvalue weighted by atomic mass is 35.5. The summed E-state index contributed by atoms with van der Waals surface area (Å²) in [7, 11) is 1.92. The Bertz CT molecular complexity index is 716. The van der Waals surface area contributed by atoms with Crippen molar-refractivity contribution >= 4 is 23.1 Å². The summed E-state index contributed by atoms with van der Waals surface area (Å²) in [5.74, 6) is -0.574. The molecule has 1 heterocycles. The van der Waals surface area contributed by atoms with E-state index < -0.39 is 11.5 Å². The molecule has 1 aliphatic heterocycles. The molecular formula is C18H18ClNO2. The van der Waals surface area contributed by atoms with Crippen LogP contribution < -0.4 is 4.90 Å². The molecule has 0 radical (unpaired) electrons. The lowest BCUT2D eigenvalue weighted by molar-refractivity contribution is -0.128. The fraction of sp³-hybridized carbons (Fsp3) is 0.278. The summed E-state index contributed by atoms with van der Waals surface area (Å²) in [6, 6.07) is 14.8. The summed E-state index contributed by atoms with van der Waals surface area (Å²) in [5.41, 5.74) is 0.931. The number of nitrogens with zero attached hydrogens (tertiary/aromatic N) is 1. The molecule has 3 nitrogen and oxygen atoms in total. The van der Waals surface area contributed by atoms with Crippen LogP contribution in [-0.2, 0) is 10.4 Å². The number of ketones is 1. The number of Topliss-reactive ketones (excluding diaryl/α,β-unsaturated/α-hetero) is 1. The van der Waals surface area contributed by atoms with Crippen LogP contribution in [0.4, 0.5) is 5.69 Å². The van der Waals surface area contributed by atoms with Crippen LogP contribution in [0.3, 0.4) is 0 Å². The number of carbonyl (C=O) groups is 1. The van der Waals surface area contributed by atoms with Crippen molar-refractivity contribution in [3.05, 3.63) is 64.7 Å². The second-order valence-corrected chi connectivity index (χ2v) is 6.27. The predicted molar refractivity (Wildman–Crippen MR) is 88.3 cm³/mol. The Labute approximate surface area is 135 Å². The molecular weight excluding hydrogens is 298 g/mol. The summed E-state index contributed by atoms with van der Waals surface area (Å²) in [6.07, 6.45) is 0. The number of fused-ring (bicyclic) bond motifs is 1. The summed E-state index contributed by atoms with van der Waals surface area (Å²) in [5, 5.41) is 12.1. The third-order valence-corrected chi connectivity index (χ3v) is 4.68. The normalized spacial score (nSPS) is 24.0. The van der Waals surface area contributed by atoms with Crippen molar-refractivity contribution in [2.24, 2.45) is 5.92 Å². The van der Waals surface area contributed by atoms with E-state index in [1.54, 1.807) is 12.1 Å². The van der Waals surface area contributed by atoms with Gasteiger partial charge >= 0.3 is 0 Å². The zero-order valence-electron chi connectivity index (χ0n) is 12.6. The van der Waals surface area contributed by atoms with E-state index in [4.69, 9.17) is 11.6 Å². The number of halogens is 1. The molecule has 0 bridgehead atoms. The minimum Gasteiger partial charge on any atom is -0.379 e. The van der Waals surface area contributed by atoms with Crippen molar-refractivity contribution in [2.45, 2.75) is 12.5 Å². The van der Waals surface area contributed by atoms with Gasteiger partial charge in [0.25, 0.3) is 0 Å². The van der Waals surface area contributed by atoms with E-state index in [1.807, 2.05) is 48.3 Å². The van der Waals surface area contributed by atoms with Crippen molar-refractivity contribution < 1.29 is 9.90 Å². The molecule has 2 aromatic carbocycles. The molecule has 1 N–H and O–H groups in total. The van der Waals surface area contributed by atoms with Gasteiger partial charge in [-0.2, -0.15) is 0 Å². The molecule has 0 amide bonds. The fourth-order valence-electron chi connectivity index (χ4n) is 3.31. The van der Waals surface area contributed by atoms with Crippen molar-refractivity contribution in [1.82, 2.24) is 0 Å². The van der Waals surface area contributed by atoms with Gasteiger partial charge in [-0.05, 0) is 30.7 Å². The number of hydrogen-bond acceptors (Lipinski definition) is 3. The van der Waals surface area contributed by atoms with Crippen LogP contribution in [0.2, 0.25) is 5.02 Å². The Kier molecular flexibility index (Phi) is 3.71. The van der Waals surface area contributed by atoms with Crippen LogP contribution >= 0.6 is 11.6 Å². The molecule has 22 heavy (non-hydrogen) atoms. The smallest absolute Gasteiger partial charge is 0.138 e. The van der Waals surface area contributed by atoms with Gasteiger partial charge in [0.1, 0.15) is 11.4 Å². The number of aliphatic hydroxyl groups is 1. The standard InChI is InChI=1S/C18H18ClNO2/c1-12(21)16-11-20(2)17-9-8-14(19)10-15(17)18(16,22)13-6-4-3-5-7-13/h3-10,16,22H,11H2,1-2H3. The monoisotopic (exact) mass is 315 g/mol. The Hall–Kier alpha value is -1.84. The van der Waals surface area contributed by atoms with Gasteiger partial charge in [0, 0.05) is 29.9 Å². The average Bonchev–Trinajstić information content (AvgIpc) is 2.51. The fourth-order valence-corrected chi connectivity index (χ4v) is 3.48. The minimum atomic E-state index is -1.36. The first-order valence-electron chi connectivity index (χ1n) is 7.24. The van der Waals surface area contributed by atoms with Gasteiger partial charge in [-0.3, -0.25) is 4.79 Å². The number of hydrogen-bond donors (Lipinski definition) is 1. The van der Waals surface area contributed by atoms with Gasteiger partial charge < -0.3 is 10.0 Å². The maximum Gasteiger partial charge on any atom is 0.138 e. The molecule has 114 valence electrons. The van der Waals surface area contributed by atoms with Crippen LogP contribution in [0.5, 0.6) is 0 Å². The van der Waals surface area contributed by atoms with Crippen LogP contribution in [0, 0.1) is 5.92 Å². The molecule has 2 unspecified atom stereocenters. The minimum absolute atomic E-state index is 0.0381. The Morgan fingerprint density at radius 3 is 2.59 bits per heavy atom. The predicted octanol–water partition coefficient (Wildman–Crippen LogP) is 3.23. The maximum absolute atomic E-state index is 12.2. The van der Waals surface area contributed by atoms with E-state index in [-0.39, 0.29) is 5.78 Å². The van der Waals surface area contributed by atoms with Gasteiger partial charge in [-0.25, -0.2) is 0 Å². The Morgan fingerprint density at radius 1 is 1.27 bits per heavy atom. The van der Waals surface area contributed by atoms with Crippen molar-refractivity contribution in [3.63, 3.8) is 0 Å². The molecule has 0 aliphatic carbocycles. The lowest BCUT2D eigenvalue weighted by atomic mass is 9.71. The van der Waals surface area contributed by atoms with E-state index in [1.165, 1.54) is 6.92 Å². The van der Waals surface area contributed by atoms with Crippen LogP contribution in [0.1, 0.15) is 18.1 Å². The SMILES string of the molecule is CC(=O)C1CN(C)c2ccc(Cl)cc2C1(O)c1ccccc1. The van der Waals surface area contributed by atoms with Gasteiger partial charge in [0.15, 0.2) is 0 Å². The zero-order valence-corrected chi connectivity index (χ0v) is 13.3. The lowest BCUT2D eigenvalue weighted by Crippen LogP contribution is -2.50. The largest absolute Gasteiger partial charge is 0.379 e. The van der Waals surface area contributed by atoms with Crippen LogP contribution in [-0.4, -0.2) is 24.5 Å². The molecule has 2 atom stereocenters. The van der Waals surface area contributed by atoms with Gasteiger partial charge in [0.05, 0.1) is 5.92 Å². The lowest BCUT2D eigenvalue weighted by Gasteiger charge is -2.45. The van der Waals surface area contributed by atoms with Crippen molar-refractivity contribution in [3.8, 4) is 0 Å². The molecule has 4 heteroatoms. The quantitative estimate of drug-likeness (QED) is 0.925. The molecule has 1 aliphatic rings.